The molecule has 2 amide bonds. The summed E-state index contributed by atoms with van der Waals surface area (Å²) in [6.45, 7) is 3.81. The summed E-state index contributed by atoms with van der Waals surface area (Å²) in [6, 6.07) is 3.52. The van der Waals surface area contributed by atoms with Gasteiger partial charge in [0.25, 0.3) is 0 Å². The minimum absolute atomic E-state index is 0.0609. The number of likely N-dealkylation sites (tertiary alicyclic amines) is 1. The van der Waals surface area contributed by atoms with Gasteiger partial charge in [0, 0.05) is 18.9 Å². The lowest BCUT2D eigenvalue weighted by Gasteiger charge is -2.36. The van der Waals surface area contributed by atoms with E-state index in [1.165, 1.54) is 4.90 Å². The van der Waals surface area contributed by atoms with Crippen LogP contribution in [0.5, 0.6) is 0 Å². The molecule has 9 heteroatoms. The second kappa shape index (κ2) is 14.6. The number of unbranched alkanes of at least 4 members (excludes halogenated alkanes) is 2. The molecule has 1 aliphatic carbocycles. The maximum absolute atomic E-state index is 13.4. The van der Waals surface area contributed by atoms with E-state index >= 15 is 0 Å². The third kappa shape index (κ3) is 7.47. The van der Waals surface area contributed by atoms with E-state index in [0.717, 1.165) is 24.0 Å². The Labute approximate surface area is 230 Å². The number of imide groups is 1. The first kappa shape index (κ1) is 30.8. The van der Waals surface area contributed by atoms with Gasteiger partial charge in [0.1, 0.15) is 18.1 Å². The number of nitrogens with zero attached hydrogens (tertiary/aromatic N) is 1. The standard InChI is InChI=1S/C30H43NO8/c1-3-8-20-16-23-28(30(38)31(29(23)37)14-7-5-6-9-26(35)36)24(18-33)27(20)25(34)13-10-19(4-2)15-21-11-12-22(17-32)39-21/h11-12,15,23-25,28,32-34H,3-10,13-14,16-18H2,1-2H3,(H,35,36)/b19-15+/t23-,24+,25-,28-/m1/s1. The van der Waals surface area contributed by atoms with Crippen molar-refractivity contribution in [3.8, 4) is 0 Å². The number of hydrogen-bond acceptors (Lipinski definition) is 7. The van der Waals surface area contributed by atoms with Gasteiger partial charge in [0.2, 0.25) is 11.8 Å². The molecule has 2 aliphatic rings. The van der Waals surface area contributed by atoms with Crippen LogP contribution in [0.3, 0.4) is 0 Å². The number of hydrogen-bond donors (Lipinski definition) is 4. The fraction of sp³-hybridized carbons (Fsp3) is 0.633. The molecule has 1 aliphatic heterocycles. The van der Waals surface area contributed by atoms with E-state index < -0.39 is 29.8 Å². The molecule has 2 heterocycles. The van der Waals surface area contributed by atoms with E-state index in [1.54, 1.807) is 12.1 Å². The van der Waals surface area contributed by atoms with Crippen molar-refractivity contribution in [1.82, 2.24) is 4.90 Å². The van der Waals surface area contributed by atoms with Crippen molar-refractivity contribution in [3.63, 3.8) is 0 Å². The van der Waals surface area contributed by atoms with Gasteiger partial charge in [-0.05, 0) is 68.7 Å². The highest BCUT2D eigenvalue weighted by atomic mass is 16.4. The average molecular weight is 546 g/mol. The summed E-state index contributed by atoms with van der Waals surface area (Å²) in [5.74, 6) is -2.08. The summed E-state index contributed by atoms with van der Waals surface area (Å²) >= 11 is 0. The Hall–Kier alpha value is -2.75. The molecular formula is C30H43NO8. The van der Waals surface area contributed by atoms with E-state index in [0.29, 0.717) is 62.0 Å². The van der Waals surface area contributed by atoms with Gasteiger partial charge in [-0.25, -0.2) is 0 Å². The second-order valence-corrected chi connectivity index (χ2v) is 10.6. The molecule has 3 rings (SSSR count). The van der Waals surface area contributed by atoms with Crippen LogP contribution in [-0.2, 0) is 21.0 Å². The average Bonchev–Trinajstić information content (AvgIpc) is 3.47. The predicted molar refractivity (Wildman–Crippen MR) is 145 cm³/mol. The molecule has 0 unspecified atom stereocenters. The van der Waals surface area contributed by atoms with Gasteiger partial charge in [0.15, 0.2) is 0 Å². The van der Waals surface area contributed by atoms with Gasteiger partial charge in [0.05, 0.1) is 24.5 Å². The summed E-state index contributed by atoms with van der Waals surface area (Å²) in [7, 11) is 0. The maximum Gasteiger partial charge on any atom is 0.303 e. The molecule has 1 aromatic heterocycles. The number of fused-ring (bicyclic) bond motifs is 1. The largest absolute Gasteiger partial charge is 0.481 e. The molecule has 0 radical (unpaired) electrons. The van der Waals surface area contributed by atoms with Gasteiger partial charge in [-0.3, -0.25) is 19.3 Å². The van der Waals surface area contributed by atoms with Crippen LogP contribution in [0.4, 0.5) is 0 Å². The summed E-state index contributed by atoms with van der Waals surface area (Å²) in [4.78, 5) is 38.7. The highest BCUT2D eigenvalue weighted by Gasteiger charge is 2.54. The molecule has 0 spiro atoms. The number of aliphatic carboxylic acids is 1. The second-order valence-electron chi connectivity index (χ2n) is 10.6. The Morgan fingerprint density at radius 1 is 1.13 bits per heavy atom. The molecule has 0 aromatic carbocycles. The van der Waals surface area contributed by atoms with E-state index in [2.05, 4.69) is 0 Å². The van der Waals surface area contributed by atoms with Crippen molar-refractivity contribution in [2.75, 3.05) is 13.2 Å². The van der Waals surface area contributed by atoms with Crippen molar-refractivity contribution in [2.24, 2.45) is 17.8 Å². The smallest absolute Gasteiger partial charge is 0.303 e. The molecule has 0 bridgehead atoms. The number of carboxylic acid groups (broad SMARTS) is 1. The first-order chi connectivity index (χ1) is 18.7. The zero-order chi connectivity index (χ0) is 28.5. The molecule has 216 valence electrons. The zero-order valence-electron chi connectivity index (χ0n) is 23.1. The molecule has 4 N–H and O–H groups in total. The van der Waals surface area contributed by atoms with Crippen molar-refractivity contribution < 1.29 is 39.2 Å². The maximum atomic E-state index is 13.4. The number of carbonyl (C=O) groups is 3. The number of rotatable bonds is 16. The van der Waals surface area contributed by atoms with E-state index in [1.807, 2.05) is 19.9 Å². The summed E-state index contributed by atoms with van der Waals surface area (Å²) in [6.07, 6.45) is 6.46. The Morgan fingerprint density at radius 2 is 1.90 bits per heavy atom. The Balaban J connectivity index is 1.75. The summed E-state index contributed by atoms with van der Waals surface area (Å²) < 4.78 is 5.57. The highest BCUT2D eigenvalue weighted by molar-refractivity contribution is 6.05. The van der Waals surface area contributed by atoms with Crippen LogP contribution >= 0.6 is 0 Å². The van der Waals surface area contributed by atoms with Crippen LogP contribution in [0.25, 0.3) is 6.08 Å². The molecule has 39 heavy (non-hydrogen) atoms. The number of allylic oxidation sites excluding steroid dienone is 2. The normalized spacial score (nSPS) is 22.5. The highest BCUT2D eigenvalue weighted by Crippen LogP contribution is 2.47. The Morgan fingerprint density at radius 3 is 2.51 bits per heavy atom. The fourth-order valence-electron chi connectivity index (χ4n) is 6.09. The topological polar surface area (TPSA) is 149 Å². The minimum Gasteiger partial charge on any atom is -0.481 e. The quantitative estimate of drug-likeness (QED) is 0.138. The van der Waals surface area contributed by atoms with E-state index in [4.69, 9.17) is 9.52 Å². The third-order valence-electron chi connectivity index (χ3n) is 8.03. The number of carboxylic acids is 1. The lowest BCUT2D eigenvalue weighted by atomic mass is 9.67. The van der Waals surface area contributed by atoms with Crippen LogP contribution in [0.2, 0.25) is 0 Å². The SMILES string of the molecule is CCCC1=C([C@H](O)CC/C(=C/c2ccc(CO)o2)CC)[C@H](CO)[C@@H]2C(=O)N(CCCCCC(=O)O)C(=O)[C@@H]2C1. The molecular weight excluding hydrogens is 502 g/mol. The number of carbonyl (C=O) groups excluding carboxylic acids is 2. The lowest BCUT2D eigenvalue weighted by Crippen LogP contribution is -2.39. The van der Waals surface area contributed by atoms with Gasteiger partial charge in [-0.2, -0.15) is 0 Å². The fourth-order valence-corrected chi connectivity index (χ4v) is 6.09. The lowest BCUT2D eigenvalue weighted by molar-refractivity contribution is -0.141. The molecule has 0 saturated carbocycles. The monoisotopic (exact) mass is 545 g/mol. The van der Waals surface area contributed by atoms with Gasteiger partial charge in [-0.15, -0.1) is 0 Å². The van der Waals surface area contributed by atoms with E-state index in [-0.39, 0.29) is 38.0 Å². The summed E-state index contributed by atoms with van der Waals surface area (Å²) in [5.41, 5.74) is 2.75. The molecule has 1 aromatic rings. The van der Waals surface area contributed by atoms with Crippen LogP contribution in [0.15, 0.2) is 33.3 Å². The van der Waals surface area contributed by atoms with Crippen LogP contribution in [-0.4, -0.2) is 62.4 Å². The Kier molecular flexibility index (Phi) is 11.5. The zero-order valence-corrected chi connectivity index (χ0v) is 23.1. The number of amides is 2. The number of furan rings is 1. The van der Waals surface area contributed by atoms with Crippen molar-refractivity contribution in [2.45, 2.75) is 90.8 Å². The first-order valence-corrected chi connectivity index (χ1v) is 14.2. The van der Waals surface area contributed by atoms with Crippen LogP contribution in [0, 0.1) is 17.8 Å². The number of aliphatic hydroxyl groups is 3. The molecule has 1 fully saturated rings. The van der Waals surface area contributed by atoms with Crippen molar-refractivity contribution in [3.05, 3.63) is 40.4 Å². The first-order valence-electron chi connectivity index (χ1n) is 14.2. The minimum atomic E-state index is -0.862. The molecule has 9 nitrogen and oxygen atoms in total. The van der Waals surface area contributed by atoms with Crippen molar-refractivity contribution in [1.29, 1.82) is 0 Å². The molecule has 4 atom stereocenters. The molecule has 1 saturated heterocycles. The predicted octanol–water partition coefficient (Wildman–Crippen LogP) is 4.06. The van der Waals surface area contributed by atoms with Gasteiger partial charge >= 0.3 is 5.97 Å². The number of aliphatic hydroxyl groups excluding tert-OH is 3. The van der Waals surface area contributed by atoms with Crippen LogP contribution in [0.1, 0.15) is 89.6 Å². The van der Waals surface area contributed by atoms with E-state index in [9.17, 15) is 29.7 Å². The van der Waals surface area contributed by atoms with Crippen molar-refractivity contribution >= 4 is 23.9 Å². The Bertz CT molecular complexity index is 1070. The van der Waals surface area contributed by atoms with Crippen LogP contribution < -0.4 is 0 Å². The third-order valence-corrected chi connectivity index (χ3v) is 8.03. The summed E-state index contributed by atoms with van der Waals surface area (Å²) in [5, 5.41) is 39.9. The van der Waals surface area contributed by atoms with Gasteiger partial charge < -0.3 is 24.8 Å². The van der Waals surface area contributed by atoms with Gasteiger partial charge in [-0.1, -0.05) is 37.8 Å².